The molecule has 2 rings (SSSR count). The van der Waals surface area contributed by atoms with Gasteiger partial charge in [-0.15, -0.1) is 0 Å². The molecule has 0 spiro atoms. The highest BCUT2D eigenvalue weighted by Gasteiger charge is 2.07. The van der Waals surface area contributed by atoms with Crippen LogP contribution in [0.15, 0.2) is 51.8 Å². The van der Waals surface area contributed by atoms with Crippen LogP contribution in [0.5, 0.6) is 0 Å². The van der Waals surface area contributed by atoms with Crippen LogP contribution in [0.2, 0.25) is 0 Å². The van der Waals surface area contributed by atoms with Crippen LogP contribution in [0.3, 0.4) is 0 Å². The van der Waals surface area contributed by atoms with Gasteiger partial charge in [-0.05, 0) is 24.3 Å². The molecule has 0 amide bonds. The van der Waals surface area contributed by atoms with Gasteiger partial charge in [0.25, 0.3) is 0 Å². The largest absolute Gasteiger partial charge is 0.399 e. The second kappa shape index (κ2) is 4.02. The Morgan fingerprint density at radius 2 is 1.75 bits per heavy atom. The summed E-state index contributed by atoms with van der Waals surface area (Å²) in [4.78, 5) is 1.87. The molecule has 16 heavy (non-hydrogen) atoms. The van der Waals surface area contributed by atoms with Crippen molar-refractivity contribution in [2.75, 3.05) is 17.7 Å². The van der Waals surface area contributed by atoms with E-state index in [1.54, 1.807) is 30.3 Å². The number of anilines is 2. The van der Waals surface area contributed by atoms with Gasteiger partial charge >= 0.3 is 0 Å². The molecule has 0 saturated heterocycles. The summed E-state index contributed by atoms with van der Waals surface area (Å²) < 4.78 is 15.6. The molecule has 4 nitrogen and oxygen atoms in total. The third-order valence-electron chi connectivity index (χ3n) is 2.31. The van der Waals surface area contributed by atoms with Crippen molar-refractivity contribution in [3.05, 3.63) is 47.5 Å². The number of hydrogen-bond donors (Lipinski definition) is 1. The van der Waals surface area contributed by atoms with E-state index in [0.29, 0.717) is 0 Å². The molecule has 0 bridgehead atoms. The third kappa shape index (κ3) is 2.09. The van der Waals surface area contributed by atoms with E-state index in [9.17, 15) is 4.21 Å². The monoisotopic (exact) mass is 235 g/mol. The van der Waals surface area contributed by atoms with Crippen LogP contribution in [0.4, 0.5) is 11.4 Å². The normalized spacial score (nSPS) is 17.4. The molecule has 1 aliphatic rings. The quantitative estimate of drug-likeness (QED) is 0.758. The lowest BCUT2D eigenvalue weighted by Gasteiger charge is -2.18. The fourth-order valence-electron chi connectivity index (χ4n) is 1.34. The van der Waals surface area contributed by atoms with Crippen molar-refractivity contribution < 1.29 is 4.21 Å². The summed E-state index contributed by atoms with van der Waals surface area (Å²) >= 11 is 0. The zero-order valence-corrected chi connectivity index (χ0v) is 9.72. The van der Waals surface area contributed by atoms with Gasteiger partial charge in [-0.1, -0.05) is 0 Å². The fourth-order valence-corrected chi connectivity index (χ4v) is 2.29. The summed E-state index contributed by atoms with van der Waals surface area (Å²) in [6.07, 6.45) is 3.50. The van der Waals surface area contributed by atoms with E-state index in [4.69, 9.17) is 5.73 Å². The van der Waals surface area contributed by atoms with Crippen molar-refractivity contribution in [2.24, 2.45) is 4.36 Å². The van der Waals surface area contributed by atoms with Crippen LogP contribution in [0.1, 0.15) is 0 Å². The lowest BCUT2D eigenvalue weighted by molar-refractivity contribution is 0.687. The van der Waals surface area contributed by atoms with Gasteiger partial charge in [-0.25, -0.2) is 8.57 Å². The van der Waals surface area contributed by atoms with Crippen molar-refractivity contribution >= 4 is 21.1 Å². The fraction of sp³-hybridized carbons (Fsp3) is 0.0909. The van der Waals surface area contributed by atoms with E-state index < -0.39 is 9.73 Å². The first kappa shape index (κ1) is 10.8. The van der Waals surface area contributed by atoms with E-state index >= 15 is 0 Å². The van der Waals surface area contributed by atoms with Gasteiger partial charge < -0.3 is 10.6 Å². The van der Waals surface area contributed by atoms with Crippen molar-refractivity contribution in [1.29, 1.82) is 0 Å². The first-order chi connectivity index (χ1) is 7.63. The Balaban J connectivity index is 2.28. The van der Waals surface area contributed by atoms with Gasteiger partial charge in [0.15, 0.2) is 0 Å². The molecule has 1 aromatic rings. The molecule has 1 aromatic carbocycles. The molecule has 0 unspecified atom stereocenters. The summed E-state index contributed by atoms with van der Waals surface area (Å²) in [6, 6.07) is 7.46. The molecule has 84 valence electrons. The van der Waals surface area contributed by atoms with E-state index in [-0.39, 0.29) is 0 Å². The molecular weight excluding hydrogens is 222 g/mol. The Morgan fingerprint density at radius 1 is 1.19 bits per heavy atom. The highest BCUT2D eigenvalue weighted by molar-refractivity contribution is 7.99. The Bertz CT molecular complexity index is 531. The second-order valence-electron chi connectivity index (χ2n) is 3.37. The number of nitrogens with two attached hydrogens (primary N) is 1. The molecule has 0 fully saturated rings. The molecule has 2 N–H and O–H groups in total. The number of nitrogens with zero attached hydrogens (tertiary/aromatic N) is 2. The SMILES string of the molecule is CN=S1(=O)C=CN(c2ccc(N)cc2)C=C1. The second-order valence-corrected chi connectivity index (χ2v) is 5.50. The van der Waals surface area contributed by atoms with Crippen LogP contribution in [0, 0.1) is 0 Å². The summed E-state index contributed by atoms with van der Waals surface area (Å²) in [7, 11) is -0.728. The molecule has 0 aliphatic carbocycles. The van der Waals surface area contributed by atoms with Crippen molar-refractivity contribution in [3.63, 3.8) is 0 Å². The van der Waals surface area contributed by atoms with Crippen LogP contribution < -0.4 is 10.6 Å². The topological polar surface area (TPSA) is 58.7 Å². The zero-order chi connectivity index (χ0) is 11.6. The van der Waals surface area contributed by atoms with Crippen LogP contribution in [-0.2, 0) is 9.73 Å². The predicted octanol–water partition coefficient (Wildman–Crippen LogP) is 2.13. The minimum atomic E-state index is -2.28. The number of rotatable bonds is 1. The lowest BCUT2D eigenvalue weighted by atomic mass is 10.3. The van der Waals surface area contributed by atoms with Crippen LogP contribution in [0.25, 0.3) is 0 Å². The van der Waals surface area contributed by atoms with E-state index in [1.807, 2.05) is 29.2 Å². The lowest BCUT2D eigenvalue weighted by Crippen LogP contribution is -2.12. The summed E-state index contributed by atoms with van der Waals surface area (Å²) in [5, 5.41) is 3.20. The Kier molecular flexibility index (Phi) is 2.70. The van der Waals surface area contributed by atoms with Crippen LogP contribution in [-0.4, -0.2) is 11.3 Å². The maximum Gasteiger partial charge on any atom is 0.0926 e. The first-order valence-electron chi connectivity index (χ1n) is 4.78. The minimum Gasteiger partial charge on any atom is -0.399 e. The highest BCUT2D eigenvalue weighted by Crippen LogP contribution is 2.20. The molecule has 0 aromatic heterocycles. The summed E-state index contributed by atoms with van der Waals surface area (Å²) in [5.74, 6) is 0. The smallest absolute Gasteiger partial charge is 0.0926 e. The Hall–Kier alpha value is -1.75. The van der Waals surface area contributed by atoms with Crippen LogP contribution >= 0.6 is 0 Å². The average Bonchev–Trinajstić information content (AvgIpc) is 2.32. The third-order valence-corrected chi connectivity index (χ3v) is 3.90. The summed E-state index contributed by atoms with van der Waals surface area (Å²) in [6.45, 7) is 0. The number of nitrogen functional groups attached to an aromatic ring is 1. The van der Waals surface area contributed by atoms with Crippen molar-refractivity contribution in [1.82, 2.24) is 0 Å². The minimum absolute atomic E-state index is 0.723. The standard InChI is InChI=1S/C11H13N3OS/c1-13-16(15)8-6-14(7-9-16)11-4-2-10(12)3-5-11/h2-9H,12H2,1H3. The van der Waals surface area contributed by atoms with Gasteiger partial charge in [-0.2, -0.15) is 0 Å². The molecule has 1 aliphatic heterocycles. The van der Waals surface area contributed by atoms with Gasteiger partial charge in [-0.3, -0.25) is 0 Å². The maximum absolute atomic E-state index is 11.8. The van der Waals surface area contributed by atoms with E-state index in [1.165, 1.54) is 0 Å². The van der Waals surface area contributed by atoms with Gasteiger partial charge in [0.2, 0.25) is 0 Å². The van der Waals surface area contributed by atoms with Gasteiger partial charge in [0, 0.05) is 41.6 Å². The van der Waals surface area contributed by atoms with Crippen molar-refractivity contribution in [2.45, 2.75) is 0 Å². The van der Waals surface area contributed by atoms with E-state index in [2.05, 4.69) is 4.36 Å². The van der Waals surface area contributed by atoms with Gasteiger partial charge in [0.05, 0.1) is 9.73 Å². The number of hydrogen-bond acceptors (Lipinski definition) is 4. The maximum atomic E-state index is 11.8. The molecule has 0 radical (unpaired) electrons. The first-order valence-corrected chi connectivity index (χ1v) is 6.43. The Labute approximate surface area is 95.2 Å². The molecule has 0 saturated carbocycles. The Morgan fingerprint density at radius 3 is 2.25 bits per heavy atom. The average molecular weight is 235 g/mol. The van der Waals surface area contributed by atoms with Gasteiger partial charge in [0.1, 0.15) is 0 Å². The highest BCUT2D eigenvalue weighted by atomic mass is 32.2. The molecule has 1 heterocycles. The molecule has 0 atom stereocenters. The molecular formula is C11H13N3OS. The van der Waals surface area contributed by atoms with Crippen molar-refractivity contribution in [3.8, 4) is 0 Å². The number of benzene rings is 1. The van der Waals surface area contributed by atoms with E-state index in [0.717, 1.165) is 11.4 Å². The molecule has 5 heteroatoms. The summed E-state index contributed by atoms with van der Waals surface area (Å²) in [5.41, 5.74) is 7.30. The predicted molar refractivity (Wildman–Crippen MR) is 68.1 cm³/mol. The zero-order valence-electron chi connectivity index (χ0n) is 8.91.